The minimum Gasteiger partial charge on any atom is -0.321 e. The largest absolute Gasteiger partial charge is 0.321 e. The molecule has 0 aliphatic rings. The lowest BCUT2D eigenvalue weighted by atomic mass is 10.3. The second-order valence-electron chi connectivity index (χ2n) is 3.85. The van der Waals surface area contributed by atoms with E-state index in [2.05, 4.69) is 10.4 Å². The van der Waals surface area contributed by atoms with E-state index in [-0.39, 0.29) is 15.6 Å². The van der Waals surface area contributed by atoms with Crippen LogP contribution in [0, 0.1) is 0 Å². The van der Waals surface area contributed by atoms with E-state index >= 15 is 0 Å². The molecule has 1 amide bonds. The summed E-state index contributed by atoms with van der Waals surface area (Å²) in [4.78, 5) is 12.1. The van der Waals surface area contributed by atoms with Crippen LogP contribution in [0.3, 0.4) is 0 Å². The van der Waals surface area contributed by atoms with E-state index in [1.165, 1.54) is 29.2 Å². The Morgan fingerprint density at radius 3 is 2.85 bits per heavy atom. The third-order valence-corrected chi connectivity index (χ3v) is 3.67. The topological polar surface area (TPSA) is 46.9 Å². The van der Waals surface area contributed by atoms with E-state index in [1.807, 2.05) is 0 Å². The van der Waals surface area contributed by atoms with Crippen molar-refractivity contribution in [1.29, 1.82) is 0 Å². The first kappa shape index (κ1) is 14.8. The minimum absolute atomic E-state index is 0.140. The highest BCUT2D eigenvalue weighted by Crippen LogP contribution is 2.37. The summed E-state index contributed by atoms with van der Waals surface area (Å²) >= 11 is 6.18. The summed E-state index contributed by atoms with van der Waals surface area (Å²) in [6.45, 7) is 0. The molecule has 4 nitrogen and oxygen atoms in total. The molecule has 8 heteroatoms. The molecule has 1 heterocycles. The highest BCUT2D eigenvalue weighted by atomic mass is 35.5. The molecule has 0 saturated heterocycles. The van der Waals surface area contributed by atoms with Crippen molar-refractivity contribution in [3.8, 4) is 0 Å². The predicted octanol–water partition coefficient (Wildman–Crippen LogP) is 3.64. The number of anilines is 1. The highest BCUT2D eigenvalue weighted by molar-refractivity contribution is 7.99. The summed E-state index contributed by atoms with van der Waals surface area (Å²) in [7, 11) is 1.67. The molecule has 0 radical (unpaired) electrons. The molecule has 1 aromatic heterocycles. The number of aryl methyl sites for hydroxylation is 1. The molecule has 0 spiro atoms. The Morgan fingerprint density at radius 1 is 1.50 bits per heavy atom. The summed E-state index contributed by atoms with van der Waals surface area (Å²) in [5.41, 5.74) is 0.581. The number of amides is 1. The van der Waals surface area contributed by atoms with Crippen LogP contribution in [0.1, 0.15) is 10.4 Å². The van der Waals surface area contributed by atoms with Crippen molar-refractivity contribution in [3.05, 3.63) is 41.2 Å². The maximum atomic E-state index is 12.5. The molecule has 0 bridgehead atoms. The Balaban J connectivity index is 2.24. The minimum atomic E-state index is -2.62. The molecule has 2 aromatic rings. The van der Waals surface area contributed by atoms with Crippen LogP contribution < -0.4 is 5.32 Å². The summed E-state index contributed by atoms with van der Waals surface area (Å²) < 4.78 is 26.5. The fraction of sp³-hybridized carbons (Fsp3) is 0.167. The molecule has 2 rings (SSSR count). The number of nitrogens with zero attached hydrogens (tertiary/aromatic N) is 2. The lowest BCUT2D eigenvalue weighted by molar-refractivity contribution is 0.102. The van der Waals surface area contributed by atoms with Crippen molar-refractivity contribution in [2.45, 2.75) is 10.7 Å². The first-order chi connectivity index (χ1) is 9.47. The monoisotopic (exact) mass is 317 g/mol. The lowest BCUT2D eigenvalue weighted by Gasteiger charge is -2.11. The van der Waals surface area contributed by atoms with Gasteiger partial charge >= 0.3 is 0 Å². The number of aromatic nitrogens is 2. The van der Waals surface area contributed by atoms with Crippen LogP contribution in [0.2, 0.25) is 5.02 Å². The van der Waals surface area contributed by atoms with Crippen LogP contribution in [0.4, 0.5) is 14.5 Å². The van der Waals surface area contributed by atoms with Gasteiger partial charge in [0.15, 0.2) is 0 Å². The number of alkyl halides is 2. The third kappa shape index (κ3) is 3.49. The molecule has 106 valence electrons. The Morgan fingerprint density at radius 2 is 2.25 bits per heavy atom. The van der Waals surface area contributed by atoms with Crippen LogP contribution in [-0.2, 0) is 7.05 Å². The number of hydrogen-bond acceptors (Lipinski definition) is 3. The van der Waals surface area contributed by atoms with Crippen LogP contribution in [0.25, 0.3) is 0 Å². The van der Waals surface area contributed by atoms with Crippen molar-refractivity contribution < 1.29 is 13.6 Å². The van der Waals surface area contributed by atoms with Gasteiger partial charge in [-0.1, -0.05) is 29.4 Å². The number of carbonyl (C=O) groups excluding carboxylic acids is 1. The molecule has 0 fully saturated rings. The van der Waals surface area contributed by atoms with Crippen LogP contribution in [0.15, 0.2) is 35.5 Å². The normalized spacial score (nSPS) is 10.8. The zero-order valence-corrected chi connectivity index (χ0v) is 11.9. The van der Waals surface area contributed by atoms with Gasteiger partial charge in [-0.2, -0.15) is 13.9 Å². The molecule has 0 saturated carbocycles. The molecule has 0 atom stereocenters. The van der Waals surface area contributed by atoms with E-state index in [9.17, 15) is 13.6 Å². The fourth-order valence-corrected chi connectivity index (χ4v) is 2.46. The second kappa shape index (κ2) is 6.23. The van der Waals surface area contributed by atoms with Gasteiger partial charge in [-0.3, -0.25) is 9.48 Å². The van der Waals surface area contributed by atoms with Crippen molar-refractivity contribution >= 4 is 35.0 Å². The van der Waals surface area contributed by atoms with Gasteiger partial charge in [0, 0.05) is 13.2 Å². The van der Waals surface area contributed by atoms with Crippen molar-refractivity contribution in [1.82, 2.24) is 9.78 Å². The Bertz CT molecular complexity index is 633. The van der Waals surface area contributed by atoms with Gasteiger partial charge in [0.1, 0.15) is 0 Å². The van der Waals surface area contributed by atoms with Gasteiger partial charge in [-0.05, 0) is 12.1 Å². The number of thioether (sulfide) groups is 1. The third-order valence-electron chi connectivity index (χ3n) is 2.39. The highest BCUT2D eigenvalue weighted by Gasteiger charge is 2.16. The number of rotatable bonds is 4. The van der Waals surface area contributed by atoms with Crippen molar-refractivity contribution in [3.63, 3.8) is 0 Å². The Kier molecular flexibility index (Phi) is 4.61. The summed E-state index contributed by atoms with van der Waals surface area (Å²) in [5, 5.41) is 6.59. The average Bonchev–Trinajstić information content (AvgIpc) is 2.80. The molecule has 20 heavy (non-hydrogen) atoms. The van der Waals surface area contributed by atoms with Gasteiger partial charge < -0.3 is 5.32 Å². The molecule has 1 aromatic carbocycles. The van der Waals surface area contributed by atoms with Gasteiger partial charge in [-0.25, -0.2) is 0 Å². The van der Waals surface area contributed by atoms with E-state index in [0.717, 1.165) is 0 Å². The maximum absolute atomic E-state index is 12.5. The number of nitrogens with one attached hydrogen (secondary N) is 1. The van der Waals surface area contributed by atoms with Crippen molar-refractivity contribution in [2.24, 2.45) is 7.05 Å². The fourth-order valence-electron chi connectivity index (χ4n) is 1.55. The van der Waals surface area contributed by atoms with Gasteiger partial charge in [-0.15, -0.1) is 0 Å². The van der Waals surface area contributed by atoms with Gasteiger partial charge in [0.25, 0.3) is 11.7 Å². The average molecular weight is 318 g/mol. The van der Waals surface area contributed by atoms with E-state index in [1.54, 1.807) is 13.1 Å². The number of benzene rings is 1. The first-order valence-corrected chi connectivity index (χ1v) is 6.76. The standard InChI is InChI=1S/C12H10ClF2N3OS/c1-18-6-7(5-16-18)11(19)17-9-4-2-3-8(13)10(9)20-12(14)15/h2-6,12H,1H3,(H,17,19). The molecular formula is C12H10ClF2N3OS. The molecule has 0 aliphatic carbocycles. The summed E-state index contributed by atoms with van der Waals surface area (Å²) in [6.07, 6.45) is 2.92. The smallest absolute Gasteiger partial charge is 0.289 e. The Hall–Kier alpha value is -1.60. The zero-order chi connectivity index (χ0) is 14.7. The van der Waals surface area contributed by atoms with E-state index in [4.69, 9.17) is 11.6 Å². The van der Waals surface area contributed by atoms with E-state index in [0.29, 0.717) is 17.3 Å². The SMILES string of the molecule is Cn1cc(C(=O)Nc2cccc(Cl)c2SC(F)F)cn1. The number of hydrogen-bond donors (Lipinski definition) is 1. The van der Waals surface area contributed by atoms with Crippen LogP contribution in [-0.4, -0.2) is 21.4 Å². The van der Waals surface area contributed by atoms with Crippen molar-refractivity contribution in [2.75, 3.05) is 5.32 Å². The molecule has 1 N–H and O–H groups in total. The summed E-state index contributed by atoms with van der Waals surface area (Å²) in [5.74, 6) is -3.06. The Labute approximate surface area is 123 Å². The molecular weight excluding hydrogens is 308 g/mol. The second-order valence-corrected chi connectivity index (χ2v) is 5.26. The summed E-state index contributed by atoms with van der Waals surface area (Å²) in [6, 6.07) is 4.59. The number of carbonyl (C=O) groups is 1. The molecule has 0 aliphatic heterocycles. The first-order valence-electron chi connectivity index (χ1n) is 5.50. The lowest BCUT2D eigenvalue weighted by Crippen LogP contribution is -2.12. The van der Waals surface area contributed by atoms with E-state index < -0.39 is 11.7 Å². The van der Waals surface area contributed by atoms with Crippen LogP contribution >= 0.6 is 23.4 Å². The zero-order valence-electron chi connectivity index (χ0n) is 10.3. The quantitative estimate of drug-likeness (QED) is 0.876. The maximum Gasteiger partial charge on any atom is 0.289 e. The van der Waals surface area contributed by atoms with Crippen LogP contribution in [0.5, 0.6) is 0 Å². The molecule has 0 unspecified atom stereocenters. The van der Waals surface area contributed by atoms with Gasteiger partial charge in [0.2, 0.25) is 0 Å². The van der Waals surface area contributed by atoms with Gasteiger partial charge in [0.05, 0.1) is 27.4 Å². The predicted molar refractivity (Wildman–Crippen MR) is 74.5 cm³/mol. The number of halogens is 3.